The number of amides is 1. The molecular weight excluding hydrogens is 272 g/mol. The summed E-state index contributed by atoms with van der Waals surface area (Å²) in [6.45, 7) is 7.03. The molecule has 2 heterocycles. The first-order valence-electron chi connectivity index (χ1n) is 7.37. The third-order valence-corrected chi connectivity index (χ3v) is 5.18. The number of carbonyl (C=O) groups excluding carboxylic acids is 1. The normalized spacial score (nSPS) is 17.4. The summed E-state index contributed by atoms with van der Waals surface area (Å²) in [5.74, 6) is -0.0592. The van der Waals surface area contributed by atoms with Crippen molar-refractivity contribution in [3.63, 3.8) is 0 Å². The van der Waals surface area contributed by atoms with E-state index in [1.54, 1.807) is 11.3 Å². The van der Waals surface area contributed by atoms with Crippen LogP contribution < -0.4 is 5.32 Å². The monoisotopic (exact) mass is 296 g/mol. The standard InChI is InChI=1S/C15H24N2O2S/c1-3-13-11(2)8-14(20-13)15(19)16-12(10-18)9-17-6-4-5-7-17/h8,12,18H,3-7,9-10H2,1-2H3,(H,16,19)/t12-/m0/s1. The molecule has 1 aromatic rings. The number of nitrogens with zero attached hydrogens (tertiary/aromatic N) is 1. The molecule has 1 saturated heterocycles. The zero-order chi connectivity index (χ0) is 14.5. The van der Waals surface area contributed by atoms with Crippen molar-refractivity contribution in [1.29, 1.82) is 0 Å². The van der Waals surface area contributed by atoms with Crippen LogP contribution in [0.5, 0.6) is 0 Å². The molecule has 1 aliphatic rings. The highest BCUT2D eigenvalue weighted by Gasteiger charge is 2.20. The lowest BCUT2D eigenvalue weighted by atomic mass is 10.2. The predicted octanol–water partition coefficient (Wildman–Crippen LogP) is 1.81. The van der Waals surface area contributed by atoms with E-state index in [1.165, 1.54) is 23.3 Å². The number of hydrogen-bond acceptors (Lipinski definition) is 4. The molecule has 0 unspecified atom stereocenters. The van der Waals surface area contributed by atoms with E-state index in [9.17, 15) is 9.90 Å². The van der Waals surface area contributed by atoms with Crippen molar-refractivity contribution in [3.8, 4) is 0 Å². The molecule has 0 bridgehead atoms. The van der Waals surface area contributed by atoms with E-state index in [2.05, 4.69) is 17.1 Å². The third kappa shape index (κ3) is 3.81. The topological polar surface area (TPSA) is 52.6 Å². The molecule has 20 heavy (non-hydrogen) atoms. The lowest BCUT2D eigenvalue weighted by Gasteiger charge is -2.22. The van der Waals surface area contributed by atoms with Crippen molar-refractivity contribution in [2.45, 2.75) is 39.2 Å². The molecule has 2 N–H and O–H groups in total. The third-order valence-electron chi connectivity index (χ3n) is 3.80. The molecular formula is C15H24N2O2S. The maximum atomic E-state index is 12.2. The van der Waals surface area contributed by atoms with Gasteiger partial charge in [-0.05, 0) is 50.9 Å². The first kappa shape index (κ1) is 15.5. The van der Waals surface area contributed by atoms with Crippen LogP contribution in [0.15, 0.2) is 6.07 Å². The molecule has 1 aromatic heterocycles. The van der Waals surface area contributed by atoms with Crippen LogP contribution >= 0.6 is 11.3 Å². The molecule has 0 radical (unpaired) electrons. The summed E-state index contributed by atoms with van der Waals surface area (Å²) in [5, 5.41) is 12.4. The summed E-state index contributed by atoms with van der Waals surface area (Å²) in [5.41, 5.74) is 1.18. The Hall–Kier alpha value is -0.910. The van der Waals surface area contributed by atoms with Gasteiger partial charge in [0.1, 0.15) is 0 Å². The second-order valence-corrected chi connectivity index (χ2v) is 6.57. The highest BCUT2D eigenvalue weighted by Crippen LogP contribution is 2.22. The summed E-state index contributed by atoms with van der Waals surface area (Å²) < 4.78 is 0. The summed E-state index contributed by atoms with van der Waals surface area (Å²) in [6.07, 6.45) is 3.40. The molecule has 1 amide bonds. The minimum atomic E-state index is -0.173. The van der Waals surface area contributed by atoms with E-state index >= 15 is 0 Å². The number of carbonyl (C=O) groups is 1. The summed E-state index contributed by atoms with van der Waals surface area (Å²) >= 11 is 1.56. The molecule has 2 rings (SSSR count). The molecule has 0 saturated carbocycles. The number of hydrogen-bond donors (Lipinski definition) is 2. The minimum Gasteiger partial charge on any atom is -0.394 e. The Balaban J connectivity index is 1.93. The predicted molar refractivity (Wildman–Crippen MR) is 82.4 cm³/mol. The van der Waals surface area contributed by atoms with Crippen LogP contribution in [0.2, 0.25) is 0 Å². The fourth-order valence-electron chi connectivity index (χ4n) is 2.67. The number of nitrogens with one attached hydrogen (secondary N) is 1. The van der Waals surface area contributed by atoms with Crippen LogP contribution in [0.3, 0.4) is 0 Å². The van der Waals surface area contributed by atoms with Gasteiger partial charge in [0.25, 0.3) is 5.91 Å². The van der Waals surface area contributed by atoms with Gasteiger partial charge in [0.2, 0.25) is 0 Å². The smallest absolute Gasteiger partial charge is 0.261 e. The van der Waals surface area contributed by atoms with E-state index in [4.69, 9.17) is 0 Å². The van der Waals surface area contributed by atoms with Crippen LogP contribution in [0.4, 0.5) is 0 Å². The van der Waals surface area contributed by atoms with Crippen molar-refractivity contribution < 1.29 is 9.90 Å². The maximum absolute atomic E-state index is 12.2. The highest BCUT2D eigenvalue weighted by molar-refractivity contribution is 7.14. The van der Waals surface area contributed by atoms with Crippen molar-refractivity contribution in [2.24, 2.45) is 0 Å². The van der Waals surface area contributed by atoms with Crippen molar-refractivity contribution in [2.75, 3.05) is 26.2 Å². The van der Waals surface area contributed by atoms with Gasteiger partial charge in [-0.15, -0.1) is 11.3 Å². The van der Waals surface area contributed by atoms with Gasteiger partial charge in [0.15, 0.2) is 0 Å². The molecule has 1 fully saturated rings. The number of likely N-dealkylation sites (tertiary alicyclic amines) is 1. The average molecular weight is 296 g/mol. The van der Waals surface area contributed by atoms with Crippen LogP contribution in [0.25, 0.3) is 0 Å². The van der Waals surface area contributed by atoms with Gasteiger partial charge in [-0.25, -0.2) is 0 Å². The summed E-state index contributed by atoms with van der Waals surface area (Å²) in [6, 6.07) is 1.77. The zero-order valence-corrected chi connectivity index (χ0v) is 13.1. The van der Waals surface area contributed by atoms with Crippen LogP contribution in [-0.4, -0.2) is 48.2 Å². The Morgan fingerprint density at radius 1 is 1.50 bits per heavy atom. The van der Waals surface area contributed by atoms with E-state index < -0.39 is 0 Å². The van der Waals surface area contributed by atoms with E-state index in [1.807, 2.05) is 13.0 Å². The highest BCUT2D eigenvalue weighted by atomic mass is 32.1. The van der Waals surface area contributed by atoms with Crippen molar-refractivity contribution in [1.82, 2.24) is 10.2 Å². The molecule has 5 heteroatoms. The Morgan fingerprint density at radius 2 is 2.20 bits per heavy atom. The van der Waals surface area contributed by atoms with Gasteiger partial charge in [-0.2, -0.15) is 0 Å². The zero-order valence-electron chi connectivity index (χ0n) is 12.3. The van der Waals surface area contributed by atoms with Crippen LogP contribution in [-0.2, 0) is 6.42 Å². The number of aliphatic hydroxyl groups is 1. The second-order valence-electron chi connectivity index (χ2n) is 5.43. The van der Waals surface area contributed by atoms with Gasteiger partial charge in [-0.3, -0.25) is 4.79 Å². The average Bonchev–Trinajstić information content (AvgIpc) is 3.07. The Labute approximate surface area is 124 Å². The number of aryl methyl sites for hydroxylation is 2. The lowest BCUT2D eigenvalue weighted by Crippen LogP contribution is -2.45. The van der Waals surface area contributed by atoms with E-state index in [-0.39, 0.29) is 18.6 Å². The number of rotatable bonds is 6. The van der Waals surface area contributed by atoms with Crippen molar-refractivity contribution in [3.05, 3.63) is 21.4 Å². The van der Waals surface area contributed by atoms with E-state index in [0.717, 1.165) is 30.9 Å². The molecule has 112 valence electrons. The van der Waals surface area contributed by atoms with Crippen LogP contribution in [0.1, 0.15) is 39.9 Å². The summed E-state index contributed by atoms with van der Waals surface area (Å²) in [4.78, 5) is 16.6. The van der Waals surface area contributed by atoms with Gasteiger partial charge in [0, 0.05) is 11.4 Å². The maximum Gasteiger partial charge on any atom is 0.261 e. The van der Waals surface area contributed by atoms with Crippen molar-refractivity contribution >= 4 is 17.2 Å². The number of aliphatic hydroxyl groups excluding tert-OH is 1. The molecule has 1 aliphatic heterocycles. The van der Waals surface area contributed by atoms with Gasteiger partial charge in [0.05, 0.1) is 17.5 Å². The number of thiophene rings is 1. The second kappa shape index (κ2) is 7.20. The fraction of sp³-hybridized carbons (Fsp3) is 0.667. The molecule has 0 aromatic carbocycles. The SMILES string of the molecule is CCc1sc(C(=O)N[C@H](CO)CN2CCCC2)cc1C. The van der Waals surface area contributed by atoms with Gasteiger partial charge >= 0.3 is 0 Å². The first-order valence-corrected chi connectivity index (χ1v) is 8.19. The molecule has 0 aliphatic carbocycles. The Kier molecular flexibility index (Phi) is 5.57. The quantitative estimate of drug-likeness (QED) is 0.842. The molecule has 4 nitrogen and oxygen atoms in total. The fourth-order valence-corrected chi connectivity index (χ4v) is 3.68. The van der Waals surface area contributed by atoms with Gasteiger partial charge < -0.3 is 15.3 Å². The largest absolute Gasteiger partial charge is 0.394 e. The Bertz CT molecular complexity index is 453. The Morgan fingerprint density at radius 3 is 2.75 bits per heavy atom. The summed E-state index contributed by atoms with van der Waals surface area (Å²) in [7, 11) is 0. The first-order chi connectivity index (χ1) is 9.63. The lowest BCUT2D eigenvalue weighted by molar-refractivity contribution is 0.0904. The molecule has 1 atom stereocenters. The van der Waals surface area contributed by atoms with Gasteiger partial charge in [-0.1, -0.05) is 6.92 Å². The molecule has 0 spiro atoms. The van der Waals surface area contributed by atoms with E-state index in [0.29, 0.717) is 0 Å². The minimum absolute atomic E-state index is 0.00671. The van der Waals surface area contributed by atoms with Crippen LogP contribution in [0, 0.1) is 6.92 Å².